The Balaban J connectivity index is 0.000000500. The largest absolute Gasteiger partial charge is 0.483 e. The van der Waals surface area contributed by atoms with Crippen LogP contribution in [0.4, 0.5) is 4.39 Å². The van der Waals surface area contributed by atoms with Gasteiger partial charge in [0, 0.05) is 0 Å². The molecule has 1 aromatic rings. The van der Waals surface area contributed by atoms with E-state index in [0.29, 0.717) is 0 Å². The number of hydrogen-bond acceptors (Lipinski definition) is 1. The second-order valence-electron chi connectivity index (χ2n) is 2.84. The Bertz CT molecular complexity index is 261. The molecule has 78 valence electrons. The average Bonchev–Trinajstić information content (AvgIpc) is 2.16. The molecule has 0 bridgehead atoms. The molecule has 0 amide bonds. The lowest BCUT2D eigenvalue weighted by molar-refractivity contribution is -0.122. The monoisotopic (exact) mass is 198 g/mol. The van der Waals surface area contributed by atoms with Gasteiger partial charge in [0.25, 0.3) is 6.47 Å². The van der Waals surface area contributed by atoms with Crippen molar-refractivity contribution in [2.24, 2.45) is 0 Å². The highest BCUT2D eigenvalue weighted by Gasteiger charge is 1.93. The maximum Gasteiger partial charge on any atom is 0.290 e. The van der Waals surface area contributed by atoms with E-state index in [-0.39, 0.29) is 12.3 Å². The summed E-state index contributed by atoms with van der Waals surface area (Å²) in [4.78, 5) is 8.36. The molecule has 0 saturated heterocycles. The molecule has 0 aliphatic carbocycles. The summed E-state index contributed by atoms with van der Waals surface area (Å²) in [6, 6.07) is 6.82. The van der Waals surface area contributed by atoms with E-state index in [1.165, 1.54) is 6.07 Å². The Morgan fingerprint density at radius 3 is 2.64 bits per heavy atom. The van der Waals surface area contributed by atoms with Gasteiger partial charge in [-0.05, 0) is 30.5 Å². The van der Waals surface area contributed by atoms with Crippen LogP contribution in [-0.2, 0) is 11.2 Å². The molecule has 1 rings (SSSR count). The SMILES string of the molecule is CCCCc1cccc(F)c1.O=CO. The van der Waals surface area contributed by atoms with Crippen LogP contribution in [0.25, 0.3) is 0 Å². The van der Waals surface area contributed by atoms with Crippen molar-refractivity contribution in [1.29, 1.82) is 0 Å². The molecule has 0 saturated carbocycles. The highest BCUT2D eigenvalue weighted by atomic mass is 19.1. The van der Waals surface area contributed by atoms with Crippen LogP contribution in [0, 0.1) is 5.82 Å². The maximum atomic E-state index is 12.6. The van der Waals surface area contributed by atoms with Crippen molar-refractivity contribution in [2.45, 2.75) is 26.2 Å². The summed E-state index contributed by atoms with van der Waals surface area (Å²) in [5.41, 5.74) is 1.10. The van der Waals surface area contributed by atoms with Crippen LogP contribution in [0.5, 0.6) is 0 Å². The van der Waals surface area contributed by atoms with Crippen molar-refractivity contribution >= 4 is 6.47 Å². The van der Waals surface area contributed by atoms with Crippen molar-refractivity contribution < 1.29 is 14.3 Å². The third-order valence-corrected chi connectivity index (χ3v) is 1.71. The molecule has 0 aromatic heterocycles. The first-order valence-electron chi connectivity index (χ1n) is 4.56. The van der Waals surface area contributed by atoms with Crippen molar-refractivity contribution in [1.82, 2.24) is 0 Å². The Morgan fingerprint density at radius 2 is 2.14 bits per heavy atom. The number of carbonyl (C=O) groups is 1. The Morgan fingerprint density at radius 1 is 1.50 bits per heavy atom. The topological polar surface area (TPSA) is 37.3 Å². The number of aryl methyl sites for hydroxylation is 1. The second kappa shape index (κ2) is 8.23. The second-order valence-corrected chi connectivity index (χ2v) is 2.84. The number of halogens is 1. The van der Waals surface area contributed by atoms with Gasteiger partial charge in [0.05, 0.1) is 0 Å². The first-order valence-corrected chi connectivity index (χ1v) is 4.56. The molecule has 0 spiro atoms. The van der Waals surface area contributed by atoms with E-state index in [9.17, 15) is 4.39 Å². The van der Waals surface area contributed by atoms with Crippen LogP contribution < -0.4 is 0 Å². The molecule has 0 aliphatic heterocycles. The quantitative estimate of drug-likeness (QED) is 0.758. The van der Waals surface area contributed by atoms with Gasteiger partial charge in [0.1, 0.15) is 5.82 Å². The van der Waals surface area contributed by atoms with Gasteiger partial charge in [-0.3, -0.25) is 4.79 Å². The van der Waals surface area contributed by atoms with Gasteiger partial charge >= 0.3 is 0 Å². The first kappa shape index (κ1) is 12.6. The summed E-state index contributed by atoms with van der Waals surface area (Å²) in [7, 11) is 0. The van der Waals surface area contributed by atoms with E-state index in [4.69, 9.17) is 9.90 Å². The van der Waals surface area contributed by atoms with Crippen LogP contribution >= 0.6 is 0 Å². The molecule has 0 radical (unpaired) electrons. The zero-order valence-electron chi connectivity index (χ0n) is 8.24. The summed E-state index contributed by atoms with van der Waals surface area (Å²) in [6.45, 7) is 1.89. The number of hydrogen-bond donors (Lipinski definition) is 1. The number of carboxylic acid groups (broad SMARTS) is 1. The van der Waals surface area contributed by atoms with Crippen LogP contribution in [-0.4, -0.2) is 11.6 Å². The minimum atomic E-state index is -0.250. The van der Waals surface area contributed by atoms with E-state index in [1.807, 2.05) is 6.07 Å². The lowest BCUT2D eigenvalue weighted by Crippen LogP contribution is -1.84. The number of benzene rings is 1. The molecule has 0 fully saturated rings. The molecule has 0 heterocycles. The van der Waals surface area contributed by atoms with Crippen molar-refractivity contribution in [3.8, 4) is 0 Å². The van der Waals surface area contributed by atoms with Gasteiger partial charge in [0.15, 0.2) is 0 Å². The van der Waals surface area contributed by atoms with Crippen molar-refractivity contribution in [3.05, 3.63) is 35.6 Å². The molecule has 0 unspecified atom stereocenters. The molecule has 0 atom stereocenters. The Labute approximate surface area is 83.4 Å². The Hall–Kier alpha value is -1.38. The molecule has 1 N–H and O–H groups in total. The number of unbranched alkanes of at least 4 members (excludes halogenated alkanes) is 1. The Kier molecular flexibility index (Phi) is 7.42. The van der Waals surface area contributed by atoms with E-state index in [1.54, 1.807) is 12.1 Å². The summed E-state index contributed by atoms with van der Waals surface area (Å²) in [5.74, 6) is -0.126. The summed E-state index contributed by atoms with van der Waals surface area (Å²) in [6.07, 6.45) is 3.30. The minimum Gasteiger partial charge on any atom is -0.483 e. The fraction of sp³-hybridized carbons (Fsp3) is 0.364. The normalized spacial score (nSPS) is 8.71. The summed E-state index contributed by atoms with van der Waals surface area (Å²) < 4.78 is 12.6. The third-order valence-electron chi connectivity index (χ3n) is 1.71. The average molecular weight is 198 g/mol. The standard InChI is InChI=1S/C10H13F.CH2O2/c1-2-3-5-9-6-4-7-10(11)8-9;2-1-3/h4,6-8H,2-3,5H2,1H3;1H,(H,2,3). The van der Waals surface area contributed by atoms with Crippen molar-refractivity contribution in [2.75, 3.05) is 0 Å². The molecule has 1 aromatic carbocycles. The summed E-state index contributed by atoms with van der Waals surface area (Å²) >= 11 is 0. The van der Waals surface area contributed by atoms with Gasteiger partial charge in [0.2, 0.25) is 0 Å². The van der Waals surface area contributed by atoms with E-state index in [0.717, 1.165) is 24.8 Å². The van der Waals surface area contributed by atoms with Gasteiger partial charge in [-0.1, -0.05) is 25.5 Å². The molecular weight excluding hydrogens is 183 g/mol. The highest BCUT2D eigenvalue weighted by molar-refractivity contribution is 5.32. The first-order chi connectivity index (χ1) is 6.74. The van der Waals surface area contributed by atoms with E-state index >= 15 is 0 Å². The smallest absolute Gasteiger partial charge is 0.290 e. The van der Waals surface area contributed by atoms with Crippen LogP contribution in [0.2, 0.25) is 0 Å². The molecule has 3 heteroatoms. The molecule has 14 heavy (non-hydrogen) atoms. The van der Waals surface area contributed by atoms with Crippen LogP contribution in [0.1, 0.15) is 25.3 Å². The fourth-order valence-corrected chi connectivity index (χ4v) is 1.07. The van der Waals surface area contributed by atoms with E-state index in [2.05, 4.69) is 6.92 Å². The lowest BCUT2D eigenvalue weighted by Gasteiger charge is -1.98. The molecule has 0 aliphatic rings. The summed E-state index contributed by atoms with van der Waals surface area (Å²) in [5, 5.41) is 6.89. The third kappa shape index (κ3) is 6.17. The van der Waals surface area contributed by atoms with Gasteiger partial charge < -0.3 is 5.11 Å². The predicted octanol–water partition coefficient (Wildman–Crippen LogP) is 2.87. The zero-order valence-corrected chi connectivity index (χ0v) is 8.24. The van der Waals surface area contributed by atoms with E-state index < -0.39 is 0 Å². The van der Waals surface area contributed by atoms with Gasteiger partial charge in [-0.2, -0.15) is 0 Å². The van der Waals surface area contributed by atoms with Gasteiger partial charge in [-0.15, -0.1) is 0 Å². The van der Waals surface area contributed by atoms with Crippen molar-refractivity contribution in [3.63, 3.8) is 0 Å². The fourth-order valence-electron chi connectivity index (χ4n) is 1.07. The zero-order chi connectivity index (χ0) is 10.8. The maximum absolute atomic E-state index is 12.6. The van der Waals surface area contributed by atoms with Gasteiger partial charge in [-0.25, -0.2) is 4.39 Å². The lowest BCUT2D eigenvalue weighted by atomic mass is 10.1. The number of rotatable bonds is 3. The van der Waals surface area contributed by atoms with Crippen LogP contribution in [0.3, 0.4) is 0 Å². The highest BCUT2D eigenvalue weighted by Crippen LogP contribution is 2.06. The molecular formula is C11H15FO2. The predicted molar refractivity (Wildman–Crippen MR) is 53.7 cm³/mol. The minimum absolute atomic E-state index is 0.126. The van der Waals surface area contributed by atoms with Crippen LogP contribution in [0.15, 0.2) is 24.3 Å². The molecule has 2 nitrogen and oxygen atoms in total.